The van der Waals surface area contributed by atoms with Gasteiger partial charge < -0.3 is 0 Å². The average molecular weight is 186 g/mol. The molecule has 1 nitrogen and oxygen atoms in total. The van der Waals surface area contributed by atoms with Crippen LogP contribution < -0.4 is 0 Å². The SMILES string of the molecule is C=C(/C=C\C(Cl)=NC)C(C)(C)C. The number of rotatable bonds is 2. The maximum Gasteiger partial charge on any atom is 0.123 e. The molecule has 0 atom stereocenters. The van der Waals surface area contributed by atoms with Crippen LogP contribution in [0.1, 0.15) is 20.8 Å². The topological polar surface area (TPSA) is 12.4 Å². The number of nitrogens with zero attached hydrogens (tertiary/aromatic N) is 1. The first-order valence-corrected chi connectivity index (χ1v) is 4.25. The van der Waals surface area contributed by atoms with E-state index in [4.69, 9.17) is 11.6 Å². The highest BCUT2D eigenvalue weighted by molar-refractivity contribution is 6.68. The predicted octanol–water partition coefficient (Wildman–Crippen LogP) is 3.41. The first kappa shape index (κ1) is 11.4. The smallest absolute Gasteiger partial charge is 0.123 e. The first-order valence-electron chi connectivity index (χ1n) is 3.87. The maximum atomic E-state index is 5.68. The standard InChI is InChI=1S/C10H16ClN/c1-8(10(2,3)4)6-7-9(11)12-5/h6-7H,1H2,2-5H3/b7-6-,12-9?. The van der Waals surface area contributed by atoms with E-state index in [2.05, 4.69) is 32.3 Å². The Morgan fingerprint density at radius 1 is 1.33 bits per heavy atom. The number of hydrogen-bond acceptors (Lipinski definition) is 1. The molecule has 0 heterocycles. The summed E-state index contributed by atoms with van der Waals surface area (Å²) in [5, 5.41) is 0.500. The molecule has 0 amide bonds. The third-order valence-corrected chi connectivity index (χ3v) is 1.89. The minimum atomic E-state index is 0.0986. The fraction of sp³-hybridized carbons (Fsp3) is 0.500. The molecule has 0 saturated heterocycles. The van der Waals surface area contributed by atoms with Crippen molar-refractivity contribution in [3.63, 3.8) is 0 Å². The third kappa shape index (κ3) is 4.35. The molecule has 0 bridgehead atoms. The van der Waals surface area contributed by atoms with E-state index in [0.717, 1.165) is 5.57 Å². The molecule has 0 aliphatic rings. The highest BCUT2D eigenvalue weighted by Gasteiger charge is 2.11. The lowest BCUT2D eigenvalue weighted by Crippen LogP contribution is -2.06. The van der Waals surface area contributed by atoms with E-state index in [1.54, 1.807) is 13.1 Å². The van der Waals surface area contributed by atoms with Gasteiger partial charge in [-0.25, -0.2) is 0 Å². The summed E-state index contributed by atoms with van der Waals surface area (Å²) in [6.45, 7) is 10.3. The molecule has 0 aliphatic heterocycles. The van der Waals surface area contributed by atoms with E-state index in [-0.39, 0.29) is 5.41 Å². The third-order valence-electron chi connectivity index (χ3n) is 1.60. The Kier molecular flexibility index (Phi) is 4.25. The summed E-state index contributed by atoms with van der Waals surface area (Å²) in [6.07, 6.45) is 3.66. The Hall–Kier alpha value is -0.560. The minimum Gasteiger partial charge on any atom is -0.277 e. The average Bonchev–Trinajstić information content (AvgIpc) is 1.97. The van der Waals surface area contributed by atoms with Crippen molar-refractivity contribution in [3.05, 3.63) is 24.3 Å². The zero-order valence-corrected chi connectivity index (χ0v) is 8.94. The van der Waals surface area contributed by atoms with E-state index < -0.39 is 0 Å². The Morgan fingerprint density at radius 3 is 2.17 bits per heavy atom. The van der Waals surface area contributed by atoms with Gasteiger partial charge in [-0.1, -0.05) is 45.0 Å². The molecule has 2 heteroatoms. The Labute approximate surface area is 79.8 Å². The monoisotopic (exact) mass is 185 g/mol. The van der Waals surface area contributed by atoms with Gasteiger partial charge in [-0.3, -0.25) is 4.99 Å². The van der Waals surface area contributed by atoms with E-state index in [0.29, 0.717) is 5.17 Å². The van der Waals surface area contributed by atoms with Crippen LogP contribution in [0.25, 0.3) is 0 Å². The molecule has 0 saturated carbocycles. The molecule has 0 radical (unpaired) electrons. The van der Waals surface area contributed by atoms with Gasteiger partial charge in [-0.05, 0) is 17.1 Å². The zero-order chi connectivity index (χ0) is 9.78. The van der Waals surface area contributed by atoms with Gasteiger partial charge in [-0.2, -0.15) is 0 Å². The van der Waals surface area contributed by atoms with Crippen molar-refractivity contribution >= 4 is 16.8 Å². The van der Waals surface area contributed by atoms with Crippen molar-refractivity contribution in [2.24, 2.45) is 10.4 Å². The Bertz CT molecular complexity index is 218. The van der Waals surface area contributed by atoms with E-state index in [1.807, 2.05) is 6.08 Å². The lowest BCUT2D eigenvalue weighted by Gasteiger charge is -2.18. The molecule has 0 aromatic heterocycles. The fourth-order valence-electron chi connectivity index (χ4n) is 0.494. The van der Waals surface area contributed by atoms with Gasteiger partial charge in [0.1, 0.15) is 5.17 Å². The fourth-order valence-corrected chi connectivity index (χ4v) is 0.557. The van der Waals surface area contributed by atoms with Crippen LogP contribution in [0.2, 0.25) is 0 Å². The van der Waals surface area contributed by atoms with Crippen LogP contribution >= 0.6 is 11.6 Å². The highest BCUT2D eigenvalue weighted by Crippen LogP contribution is 2.24. The minimum absolute atomic E-state index is 0.0986. The number of hydrogen-bond donors (Lipinski definition) is 0. The van der Waals surface area contributed by atoms with Crippen molar-refractivity contribution in [3.8, 4) is 0 Å². The summed E-state index contributed by atoms with van der Waals surface area (Å²) in [6, 6.07) is 0. The summed E-state index contributed by atoms with van der Waals surface area (Å²) in [7, 11) is 1.66. The second kappa shape index (κ2) is 4.46. The van der Waals surface area contributed by atoms with Gasteiger partial charge >= 0.3 is 0 Å². The largest absolute Gasteiger partial charge is 0.277 e. The zero-order valence-electron chi connectivity index (χ0n) is 8.19. The Morgan fingerprint density at radius 2 is 1.83 bits per heavy atom. The Balaban J connectivity index is 4.29. The van der Waals surface area contributed by atoms with E-state index in [9.17, 15) is 0 Å². The molecule has 0 rings (SSSR count). The van der Waals surface area contributed by atoms with Crippen LogP contribution in [0.3, 0.4) is 0 Å². The van der Waals surface area contributed by atoms with Crippen molar-refractivity contribution in [2.45, 2.75) is 20.8 Å². The molecule has 0 aromatic carbocycles. The molecule has 0 spiro atoms. The summed E-state index contributed by atoms with van der Waals surface area (Å²) >= 11 is 5.68. The van der Waals surface area contributed by atoms with Crippen LogP contribution in [0.4, 0.5) is 0 Å². The number of aliphatic imine (C=N–C) groups is 1. The molecular formula is C10H16ClN. The lowest BCUT2D eigenvalue weighted by molar-refractivity contribution is 0.519. The van der Waals surface area contributed by atoms with Gasteiger partial charge in [0.25, 0.3) is 0 Å². The van der Waals surface area contributed by atoms with Gasteiger partial charge in [0.15, 0.2) is 0 Å². The maximum absolute atomic E-state index is 5.68. The summed E-state index contributed by atoms with van der Waals surface area (Å²) in [4.78, 5) is 3.80. The number of allylic oxidation sites excluding steroid dienone is 3. The van der Waals surface area contributed by atoms with Crippen LogP contribution in [0.5, 0.6) is 0 Å². The van der Waals surface area contributed by atoms with Crippen molar-refractivity contribution in [2.75, 3.05) is 7.05 Å². The van der Waals surface area contributed by atoms with Crippen LogP contribution in [0.15, 0.2) is 29.3 Å². The van der Waals surface area contributed by atoms with E-state index >= 15 is 0 Å². The molecule has 68 valence electrons. The van der Waals surface area contributed by atoms with Gasteiger partial charge in [-0.15, -0.1) is 0 Å². The predicted molar refractivity (Wildman–Crippen MR) is 56.9 cm³/mol. The van der Waals surface area contributed by atoms with Crippen molar-refractivity contribution in [1.29, 1.82) is 0 Å². The molecule has 0 fully saturated rings. The second-order valence-electron chi connectivity index (χ2n) is 3.65. The molecule has 0 N–H and O–H groups in total. The molecule has 0 aliphatic carbocycles. The van der Waals surface area contributed by atoms with Crippen molar-refractivity contribution < 1.29 is 0 Å². The van der Waals surface area contributed by atoms with Gasteiger partial charge in [0, 0.05) is 7.05 Å². The first-order chi connectivity index (χ1) is 5.38. The number of halogens is 1. The van der Waals surface area contributed by atoms with Gasteiger partial charge in [0.05, 0.1) is 0 Å². The van der Waals surface area contributed by atoms with Crippen molar-refractivity contribution in [1.82, 2.24) is 0 Å². The second-order valence-corrected chi connectivity index (χ2v) is 4.04. The van der Waals surface area contributed by atoms with Crippen LogP contribution in [0, 0.1) is 5.41 Å². The summed E-state index contributed by atoms with van der Waals surface area (Å²) in [5.41, 5.74) is 1.14. The highest BCUT2D eigenvalue weighted by atomic mass is 35.5. The van der Waals surface area contributed by atoms with Crippen LogP contribution in [-0.2, 0) is 0 Å². The lowest BCUT2D eigenvalue weighted by atomic mass is 9.87. The normalized spacial score (nSPS) is 13.9. The quantitative estimate of drug-likeness (QED) is 0.462. The van der Waals surface area contributed by atoms with E-state index in [1.165, 1.54) is 0 Å². The molecular weight excluding hydrogens is 170 g/mol. The molecule has 0 aromatic rings. The van der Waals surface area contributed by atoms with Gasteiger partial charge in [0.2, 0.25) is 0 Å². The molecule has 12 heavy (non-hydrogen) atoms. The molecule has 0 unspecified atom stereocenters. The van der Waals surface area contributed by atoms with Crippen LogP contribution in [-0.4, -0.2) is 12.2 Å². The summed E-state index contributed by atoms with van der Waals surface area (Å²) < 4.78 is 0. The summed E-state index contributed by atoms with van der Waals surface area (Å²) in [5.74, 6) is 0.